The van der Waals surface area contributed by atoms with Gasteiger partial charge in [-0.15, -0.1) is 0 Å². The Labute approximate surface area is 150 Å². The number of benzene rings is 1. The number of hydrogen-bond donors (Lipinski definition) is 2. The van der Waals surface area contributed by atoms with Gasteiger partial charge in [-0.3, -0.25) is 9.59 Å². The van der Waals surface area contributed by atoms with Crippen LogP contribution in [0.5, 0.6) is 0 Å². The zero-order chi connectivity index (χ0) is 19.2. The fraction of sp³-hybridized carbons (Fsp3) is 0.474. The maximum Gasteiger partial charge on any atom is 0.416 e. The molecule has 26 heavy (non-hydrogen) atoms. The number of carbonyl (C=O) groups excluding carboxylic acids is 2. The van der Waals surface area contributed by atoms with Gasteiger partial charge >= 0.3 is 6.18 Å². The monoisotopic (exact) mass is 368 g/mol. The van der Waals surface area contributed by atoms with Crippen molar-refractivity contribution < 1.29 is 22.8 Å². The predicted molar refractivity (Wildman–Crippen MR) is 92.0 cm³/mol. The van der Waals surface area contributed by atoms with Crippen LogP contribution in [-0.4, -0.2) is 19.4 Å². The summed E-state index contributed by atoms with van der Waals surface area (Å²) in [5.74, 6) is -0.357. The van der Waals surface area contributed by atoms with Crippen molar-refractivity contribution in [1.82, 2.24) is 10.6 Å². The number of amides is 2. The fourth-order valence-electron chi connectivity index (χ4n) is 3.42. The van der Waals surface area contributed by atoms with E-state index < -0.39 is 17.6 Å². The summed E-state index contributed by atoms with van der Waals surface area (Å²) >= 11 is 0. The Morgan fingerprint density at radius 2 is 1.92 bits per heavy atom. The molecule has 0 radical (unpaired) electrons. The van der Waals surface area contributed by atoms with Crippen LogP contribution in [0.3, 0.4) is 0 Å². The molecule has 0 heterocycles. The summed E-state index contributed by atoms with van der Waals surface area (Å²) in [6.45, 7) is 0. The number of alkyl halides is 3. The van der Waals surface area contributed by atoms with Crippen LogP contribution < -0.4 is 10.6 Å². The first-order valence-corrected chi connectivity index (χ1v) is 8.68. The molecule has 1 aromatic rings. The van der Waals surface area contributed by atoms with E-state index in [1.54, 1.807) is 6.07 Å². The first kappa shape index (κ1) is 20.0. The number of likely N-dealkylation sites (N-methyl/N-ethyl adjacent to an activating group) is 1. The molecular weight excluding hydrogens is 345 g/mol. The molecule has 1 aromatic carbocycles. The molecule has 0 spiro atoms. The van der Waals surface area contributed by atoms with Crippen molar-refractivity contribution in [1.29, 1.82) is 0 Å². The van der Waals surface area contributed by atoms with Gasteiger partial charge in [0.05, 0.1) is 5.56 Å². The van der Waals surface area contributed by atoms with Gasteiger partial charge in [0.25, 0.3) is 0 Å². The molecule has 0 bridgehead atoms. The second kappa shape index (κ2) is 8.87. The highest BCUT2D eigenvalue weighted by molar-refractivity contribution is 5.94. The molecule has 0 atom stereocenters. The van der Waals surface area contributed by atoms with E-state index in [9.17, 15) is 22.8 Å². The first-order valence-electron chi connectivity index (χ1n) is 8.68. The van der Waals surface area contributed by atoms with Gasteiger partial charge in [0.2, 0.25) is 12.3 Å². The summed E-state index contributed by atoms with van der Waals surface area (Å²) in [6, 6.07) is 4.92. The lowest BCUT2D eigenvalue weighted by Gasteiger charge is -2.26. The molecule has 4 nitrogen and oxygen atoms in total. The van der Waals surface area contributed by atoms with Crippen molar-refractivity contribution in [2.75, 3.05) is 7.05 Å². The molecule has 1 fully saturated rings. The van der Waals surface area contributed by atoms with Crippen LogP contribution in [0, 0.1) is 5.92 Å². The quantitative estimate of drug-likeness (QED) is 0.596. The molecule has 2 N–H and O–H groups in total. The summed E-state index contributed by atoms with van der Waals surface area (Å²) < 4.78 is 38.9. The minimum absolute atomic E-state index is 0.0241. The van der Waals surface area contributed by atoms with Gasteiger partial charge in [-0.05, 0) is 30.4 Å². The molecule has 0 saturated heterocycles. The van der Waals surface area contributed by atoms with Crippen LogP contribution in [0.1, 0.15) is 43.2 Å². The van der Waals surface area contributed by atoms with Crippen molar-refractivity contribution in [3.05, 3.63) is 46.7 Å². The lowest BCUT2D eigenvalue weighted by Crippen LogP contribution is -2.30. The second-order valence-electron chi connectivity index (χ2n) is 6.44. The largest absolute Gasteiger partial charge is 0.416 e. The van der Waals surface area contributed by atoms with E-state index in [0.29, 0.717) is 23.2 Å². The van der Waals surface area contributed by atoms with Gasteiger partial charge in [0, 0.05) is 24.7 Å². The number of halogens is 3. The Balaban J connectivity index is 2.42. The summed E-state index contributed by atoms with van der Waals surface area (Å²) in [5.41, 5.74) is 0.454. The maximum atomic E-state index is 13.0. The van der Waals surface area contributed by atoms with Crippen LogP contribution in [0.15, 0.2) is 35.5 Å². The topological polar surface area (TPSA) is 58.2 Å². The highest BCUT2D eigenvalue weighted by atomic mass is 19.4. The van der Waals surface area contributed by atoms with E-state index >= 15 is 0 Å². The molecule has 142 valence electrons. The zero-order valence-corrected chi connectivity index (χ0v) is 14.7. The van der Waals surface area contributed by atoms with Crippen molar-refractivity contribution in [3.63, 3.8) is 0 Å². The average molecular weight is 368 g/mol. The number of carbonyl (C=O) groups is 2. The van der Waals surface area contributed by atoms with Gasteiger partial charge in [-0.1, -0.05) is 37.5 Å². The number of nitrogens with one attached hydrogen (secondary N) is 2. The Morgan fingerprint density at radius 1 is 1.23 bits per heavy atom. The molecule has 1 aliphatic carbocycles. The minimum Gasteiger partial charge on any atom is -0.355 e. The molecule has 0 unspecified atom stereocenters. The number of rotatable bonds is 6. The van der Waals surface area contributed by atoms with E-state index in [0.717, 1.165) is 44.2 Å². The summed E-state index contributed by atoms with van der Waals surface area (Å²) in [4.78, 5) is 23.5. The Kier molecular flexibility index (Phi) is 6.83. The lowest BCUT2D eigenvalue weighted by molar-refractivity contribution is -0.137. The molecule has 1 saturated carbocycles. The van der Waals surface area contributed by atoms with Crippen molar-refractivity contribution >= 4 is 12.3 Å². The summed E-state index contributed by atoms with van der Waals surface area (Å²) in [7, 11) is 1.47. The third-order valence-electron chi connectivity index (χ3n) is 4.69. The van der Waals surface area contributed by atoms with E-state index in [1.807, 2.05) is 0 Å². The zero-order valence-electron chi connectivity index (χ0n) is 14.7. The van der Waals surface area contributed by atoms with Gasteiger partial charge in [0.1, 0.15) is 0 Å². The highest BCUT2D eigenvalue weighted by Gasteiger charge is 2.31. The summed E-state index contributed by atoms with van der Waals surface area (Å²) in [6.07, 6.45) is 0.903. The highest BCUT2D eigenvalue weighted by Crippen LogP contribution is 2.32. The first-order chi connectivity index (χ1) is 12.4. The Morgan fingerprint density at radius 3 is 2.50 bits per heavy atom. The van der Waals surface area contributed by atoms with Crippen LogP contribution in [-0.2, 0) is 22.2 Å². The predicted octanol–water partition coefficient (Wildman–Crippen LogP) is 3.57. The van der Waals surface area contributed by atoms with Crippen molar-refractivity contribution in [3.8, 4) is 0 Å². The van der Waals surface area contributed by atoms with E-state index in [4.69, 9.17) is 0 Å². The average Bonchev–Trinajstić information content (AvgIpc) is 2.64. The third kappa shape index (κ3) is 5.09. The van der Waals surface area contributed by atoms with Gasteiger partial charge < -0.3 is 10.6 Å². The molecule has 2 amide bonds. The Hall–Kier alpha value is -2.31. The second-order valence-corrected chi connectivity index (χ2v) is 6.44. The van der Waals surface area contributed by atoms with Crippen LogP contribution in [0.2, 0.25) is 0 Å². The summed E-state index contributed by atoms with van der Waals surface area (Å²) in [5, 5.41) is 5.18. The molecule has 0 aliphatic heterocycles. The SMILES string of the molecule is CNC(=O)/C(Cc1cccc(C(F)(F)F)c1)=C(\NC=O)C1CCCCC1. The van der Waals surface area contributed by atoms with Crippen LogP contribution >= 0.6 is 0 Å². The number of hydrogen-bond acceptors (Lipinski definition) is 2. The Bertz CT molecular complexity index is 678. The van der Waals surface area contributed by atoms with Crippen LogP contribution in [0.25, 0.3) is 0 Å². The van der Waals surface area contributed by atoms with E-state index in [1.165, 1.54) is 13.1 Å². The van der Waals surface area contributed by atoms with Crippen molar-refractivity contribution in [2.45, 2.75) is 44.7 Å². The molecule has 2 rings (SSSR count). The van der Waals surface area contributed by atoms with E-state index in [-0.39, 0.29) is 12.3 Å². The normalized spacial score (nSPS) is 16.6. The lowest BCUT2D eigenvalue weighted by atomic mass is 9.84. The molecular formula is C19H23F3N2O2. The van der Waals surface area contributed by atoms with Crippen molar-refractivity contribution in [2.24, 2.45) is 5.92 Å². The molecule has 7 heteroatoms. The molecule has 1 aliphatic rings. The maximum absolute atomic E-state index is 13.0. The van der Waals surface area contributed by atoms with E-state index in [2.05, 4.69) is 10.6 Å². The minimum atomic E-state index is -4.44. The van der Waals surface area contributed by atoms with Gasteiger partial charge in [-0.25, -0.2) is 0 Å². The fourth-order valence-corrected chi connectivity index (χ4v) is 3.42. The third-order valence-corrected chi connectivity index (χ3v) is 4.69. The standard InChI is InChI=1S/C19H23F3N2O2/c1-23-18(26)16(17(24-12-25)14-7-3-2-4-8-14)11-13-6-5-9-15(10-13)19(20,21)22/h5-6,9-10,12,14H,2-4,7-8,11H2,1H3,(H,23,26)(H,24,25)/b17-16-. The molecule has 0 aromatic heterocycles. The number of allylic oxidation sites excluding steroid dienone is 1. The van der Waals surface area contributed by atoms with Gasteiger partial charge in [-0.2, -0.15) is 13.2 Å². The smallest absolute Gasteiger partial charge is 0.355 e. The van der Waals surface area contributed by atoms with Crippen LogP contribution in [0.4, 0.5) is 13.2 Å². The van der Waals surface area contributed by atoms with Gasteiger partial charge in [0.15, 0.2) is 0 Å².